The summed E-state index contributed by atoms with van der Waals surface area (Å²) < 4.78 is 5.07. The predicted molar refractivity (Wildman–Crippen MR) is 96.6 cm³/mol. The summed E-state index contributed by atoms with van der Waals surface area (Å²) in [6.07, 6.45) is 1.34. The fraction of sp³-hybridized carbons (Fsp3) is 0.250. The number of nitrogens with one attached hydrogen (secondary N) is 1. The first kappa shape index (κ1) is 17.7. The van der Waals surface area contributed by atoms with Crippen molar-refractivity contribution in [3.63, 3.8) is 0 Å². The van der Waals surface area contributed by atoms with E-state index in [9.17, 15) is 14.4 Å². The molecule has 0 unspecified atom stereocenters. The van der Waals surface area contributed by atoms with Crippen LogP contribution in [0, 0.1) is 0 Å². The Morgan fingerprint density at radius 1 is 1.08 bits per heavy atom. The number of rotatable bonds is 6. The topological polar surface area (TPSA) is 75.7 Å². The van der Waals surface area contributed by atoms with Crippen LogP contribution in [0.3, 0.4) is 0 Å². The summed E-state index contributed by atoms with van der Waals surface area (Å²) in [5.41, 5.74) is 1.96. The fourth-order valence-corrected chi connectivity index (χ4v) is 2.78. The van der Waals surface area contributed by atoms with Gasteiger partial charge >= 0.3 is 5.97 Å². The Morgan fingerprint density at radius 2 is 1.88 bits per heavy atom. The number of nitrogens with zero attached hydrogens (tertiary/aromatic N) is 1. The van der Waals surface area contributed by atoms with Crippen molar-refractivity contribution in [1.29, 1.82) is 0 Å². The summed E-state index contributed by atoms with van der Waals surface area (Å²) in [5.74, 6) is -0.905. The number of amides is 2. The summed E-state index contributed by atoms with van der Waals surface area (Å²) in [5, 5.41) is 2.70. The second-order valence-corrected chi connectivity index (χ2v) is 6.04. The molecule has 2 aromatic rings. The summed E-state index contributed by atoms with van der Waals surface area (Å²) in [6.45, 7) is 0.682. The van der Waals surface area contributed by atoms with Gasteiger partial charge in [0.15, 0.2) is 6.61 Å². The van der Waals surface area contributed by atoms with Gasteiger partial charge in [0, 0.05) is 25.2 Å². The van der Waals surface area contributed by atoms with E-state index in [0.717, 1.165) is 12.0 Å². The van der Waals surface area contributed by atoms with Crippen LogP contribution >= 0.6 is 0 Å². The highest BCUT2D eigenvalue weighted by Gasteiger charge is 2.22. The first-order valence-corrected chi connectivity index (χ1v) is 8.51. The van der Waals surface area contributed by atoms with E-state index in [4.69, 9.17) is 4.74 Å². The molecule has 1 N–H and O–H groups in total. The average Bonchev–Trinajstić information content (AvgIpc) is 3.11. The standard InChI is InChI=1S/C20H20N2O4/c23-18(21-13-15-6-2-1-3-7-15)14-26-20(25)16-8-4-9-17(12-16)22-11-5-10-19(22)24/h1-4,6-9,12H,5,10-11,13-14H2,(H,21,23). The normalized spacial score (nSPS) is 13.5. The number of carbonyl (C=O) groups is 3. The Balaban J connectivity index is 1.51. The SMILES string of the molecule is O=C(COC(=O)c1cccc(N2CCCC2=O)c1)NCc1ccccc1. The summed E-state index contributed by atoms with van der Waals surface area (Å²) in [6, 6.07) is 16.2. The maximum Gasteiger partial charge on any atom is 0.338 e. The smallest absolute Gasteiger partial charge is 0.338 e. The molecular formula is C20H20N2O4. The van der Waals surface area contributed by atoms with Crippen molar-refractivity contribution < 1.29 is 19.1 Å². The number of benzene rings is 2. The number of hydrogen-bond acceptors (Lipinski definition) is 4. The number of esters is 1. The van der Waals surface area contributed by atoms with Crippen molar-refractivity contribution in [3.05, 3.63) is 65.7 Å². The highest BCUT2D eigenvalue weighted by molar-refractivity contribution is 5.97. The Hall–Kier alpha value is -3.15. The van der Waals surface area contributed by atoms with Gasteiger partial charge in [0.1, 0.15) is 0 Å². The van der Waals surface area contributed by atoms with Crippen LogP contribution in [0.15, 0.2) is 54.6 Å². The van der Waals surface area contributed by atoms with Crippen molar-refractivity contribution >= 4 is 23.5 Å². The van der Waals surface area contributed by atoms with Gasteiger partial charge in [-0.2, -0.15) is 0 Å². The molecule has 0 spiro atoms. The molecular weight excluding hydrogens is 332 g/mol. The zero-order valence-corrected chi connectivity index (χ0v) is 14.3. The molecule has 3 rings (SSSR count). The first-order chi connectivity index (χ1) is 12.6. The van der Waals surface area contributed by atoms with Crippen LogP contribution in [0.5, 0.6) is 0 Å². The largest absolute Gasteiger partial charge is 0.452 e. The van der Waals surface area contributed by atoms with Crippen LogP contribution in [0.4, 0.5) is 5.69 Å². The highest BCUT2D eigenvalue weighted by Crippen LogP contribution is 2.22. The van der Waals surface area contributed by atoms with E-state index in [2.05, 4.69) is 5.32 Å². The fourth-order valence-electron chi connectivity index (χ4n) is 2.78. The molecule has 1 saturated heterocycles. The number of carbonyl (C=O) groups excluding carboxylic acids is 3. The molecule has 0 bridgehead atoms. The van der Waals surface area contributed by atoms with E-state index < -0.39 is 5.97 Å². The molecule has 1 heterocycles. The van der Waals surface area contributed by atoms with Gasteiger partial charge in [-0.3, -0.25) is 9.59 Å². The minimum absolute atomic E-state index is 0.0517. The monoisotopic (exact) mass is 352 g/mol. The molecule has 26 heavy (non-hydrogen) atoms. The molecule has 1 aliphatic heterocycles. The minimum atomic E-state index is -0.589. The predicted octanol–water partition coefficient (Wildman–Crippen LogP) is 2.29. The van der Waals surface area contributed by atoms with E-state index in [1.54, 1.807) is 29.2 Å². The van der Waals surface area contributed by atoms with Crippen LogP contribution in [0.25, 0.3) is 0 Å². The zero-order chi connectivity index (χ0) is 18.4. The molecule has 2 aromatic carbocycles. The second kappa shape index (κ2) is 8.29. The third-order valence-electron chi connectivity index (χ3n) is 4.13. The lowest BCUT2D eigenvalue weighted by molar-refractivity contribution is -0.124. The molecule has 2 amide bonds. The van der Waals surface area contributed by atoms with Crippen LogP contribution in [-0.4, -0.2) is 30.9 Å². The average molecular weight is 352 g/mol. The number of anilines is 1. The first-order valence-electron chi connectivity index (χ1n) is 8.51. The molecule has 0 atom stereocenters. The van der Waals surface area contributed by atoms with Crippen LogP contribution in [-0.2, 0) is 20.9 Å². The van der Waals surface area contributed by atoms with E-state index in [0.29, 0.717) is 30.8 Å². The van der Waals surface area contributed by atoms with Gasteiger partial charge in [-0.25, -0.2) is 4.79 Å². The van der Waals surface area contributed by atoms with Gasteiger partial charge in [-0.15, -0.1) is 0 Å². The Morgan fingerprint density at radius 3 is 2.62 bits per heavy atom. The van der Waals surface area contributed by atoms with Crippen molar-refractivity contribution in [2.75, 3.05) is 18.1 Å². The Kier molecular flexibility index (Phi) is 5.63. The van der Waals surface area contributed by atoms with E-state index >= 15 is 0 Å². The third-order valence-corrected chi connectivity index (χ3v) is 4.13. The number of hydrogen-bond donors (Lipinski definition) is 1. The van der Waals surface area contributed by atoms with E-state index in [1.807, 2.05) is 30.3 Å². The molecule has 0 saturated carbocycles. The van der Waals surface area contributed by atoms with Gasteiger partial charge in [0.05, 0.1) is 5.56 Å². The van der Waals surface area contributed by atoms with Crippen molar-refractivity contribution in [1.82, 2.24) is 5.32 Å². The molecule has 0 radical (unpaired) electrons. The number of ether oxygens (including phenoxy) is 1. The van der Waals surface area contributed by atoms with Gasteiger partial charge in [0.25, 0.3) is 5.91 Å². The Bertz CT molecular complexity index is 804. The molecule has 0 aliphatic carbocycles. The van der Waals surface area contributed by atoms with Crippen LogP contribution in [0.2, 0.25) is 0 Å². The minimum Gasteiger partial charge on any atom is -0.452 e. The van der Waals surface area contributed by atoms with Gasteiger partial charge in [0.2, 0.25) is 5.91 Å². The summed E-state index contributed by atoms with van der Waals surface area (Å²) >= 11 is 0. The van der Waals surface area contributed by atoms with E-state index in [1.165, 1.54) is 0 Å². The van der Waals surface area contributed by atoms with E-state index in [-0.39, 0.29) is 18.4 Å². The maximum atomic E-state index is 12.2. The van der Waals surface area contributed by atoms with Gasteiger partial charge in [-0.05, 0) is 30.2 Å². The third kappa shape index (κ3) is 4.47. The highest BCUT2D eigenvalue weighted by atomic mass is 16.5. The van der Waals surface area contributed by atoms with Crippen molar-refractivity contribution in [2.45, 2.75) is 19.4 Å². The van der Waals surface area contributed by atoms with Crippen LogP contribution in [0.1, 0.15) is 28.8 Å². The summed E-state index contributed by atoms with van der Waals surface area (Å²) in [7, 11) is 0. The molecule has 6 nitrogen and oxygen atoms in total. The molecule has 0 aromatic heterocycles. The Labute approximate surface area is 151 Å². The molecule has 134 valence electrons. The lowest BCUT2D eigenvalue weighted by Crippen LogP contribution is -2.28. The molecule has 1 aliphatic rings. The lowest BCUT2D eigenvalue weighted by atomic mass is 10.2. The lowest BCUT2D eigenvalue weighted by Gasteiger charge is -2.16. The van der Waals surface area contributed by atoms with Crippen LogP contribution < -0.4 is 10.2 Å². The maximum absolute atomic E-state index is 12.2. The summed E-state index contributed by atoms with van der Waals surface area (Å²) in [4.78, 5) is 37.5. The second-order valence-electron chi connectivity index (χ2n) is 6.04. The molecule has 6 heteroatoms. The quantitative estimate of drug-likeness (QED) is 0.810. The van der Waals surface area contributed by atoms with Gasteiger partial charge < -0.3 is 15.0 Å². The molecule has 1 fully saturated rings. The zero-order valence-electron chi connectivity index (χ0n) is 14.3. The van der Waals surface area contributed by atoms with Gasteiger partial charge in [-0.1, -0.05) is 36.4 Å². The van der Waals surface area contributed by atoms with Crippen molar-refractivity contribution in [3.8, 4) is 0 Å². The van der Waals surface area contributed by atoms with Crippen molar-refractivity contribution in [2.24, 2.45) is 0 Å².